The molecule has 3 aliphatic heterocycles. The molecule has 3 heterocycles. The van der Waals surface area contributed by atoms with E-state index in [0.717, 1.165) is 12.8 Å². The minimum Gasteiger partial charge on any atom is -0.454 e. The molecule has 1 N–H and O–H groups in total. The zero-order valence-electron chi connectivity index (χ0n) is 12.5. The van der Waals surface area contributed by atoms with Gasteiger partial charge in [0.15, 0.2) is 11.5 Å². The van der Waals surface area contributed by atoms with Gasteiger partial charge in [0.2, 0.25) is 6.79 Å². The third-order valence-electron chi connectivity index (χ3n) is 4.99. The standard InChI is InChI=1S/C16H19ClN2O3/c1-19(12-6-10-2-3-11(7-12)18-10)16(20)9-4-13(17)15-14(5-9)21-8-22-15/h4-5,10-12,18H,2-3,6-8H2,1H3. The maximum Gasteiger partial charge on any atom is 0.254 e. The summed E-state index contributed by atoms with van der Waals surface area (Å²) in [5.41, 5.74) is 0.558. The maximum atomic E-state index is 12.8. The van der Waals surface area contributed by atoms with Crippen molar-refractivity contribution in [2.45, 2.75) is 43.8 Å². The molecule has 0 aromatic heterocycles. The first-order valence-electron chi connectivity index (χ1n) is 7.74. The quantitative estimate of drug-likeness (QED) is 0.908. The number of hydrogen-bond acceptors (Lipinski definition) is 4. The zero-order valence-corrected chi connectivity index (χ0v) is 13.2. The molecule has 22 heavy (non-hydrogen) atoms. The molecule has 118 valence electrons. The fourth-order valence-electron chi connectivity index (χ4n) is 3.80. The van der Waals surface area contributed by atoms with Crippen LogP contribution < -0.4 is 14.8 Å². The van der Waals surface area contributed by atoms with Gasteiger partial charge in [0.25, 0.3) is 5.91 Å². The second-order valence-corrected chi connectivity index (χ2v) is 6.78. The topological polar surface area (TPSA) is 50.8 Å². The van der Waals surface area contributed by atoms with Crippen LogP contribution in [0.2, 0.25) is 5.02 Å². The van der Waals surface area contributed by atoms with E-state index in [1.807, 2.05) is 11.9 Å². The Morgan fingerprint density at radius 1 is 1.27 bits per heavy atom. The van der Waals surface area contributed by atoms with Gasteiger partial charge >= 0.3 is 0 Å². The number of hydrogen-bond donors (Lipinski definition) is 1. The van der Waals surface area contributed by atoms with Gasteiger partial charge in [-0.2, -0.15) is 0 Å². The summed E-state index contributed by atoms with van der Waals surface area (Å²) in [5.74, 6) is 1.07. The summed E-state index contributed by atoms with van der Waals surface area (Å²) in [6.45, 7) is 0.153. The van der Waals surface area contributed by atoms with Crippen LogP contribution in [0.15, 0.2) is 12.1 Å². The number of nitrogens with zero attached hydrogens (tertiary/aromatic N) is 1. The van der Waals surface area contributed by atoms with Gasteiger partial charge in [0.1, 0.15) is 0 Å². The molecule has 6 heteroatoms. The molecule has 2 atom stereocenters. The number of benzene rings is 1. The fraction of sp³-hybridized carbons (Fsp3) is 0.562. The number of rotatable bonds is 2. The van der Waals surface area contributed by atoms with Gasteiger partial charge in [0.05, 0.1) is 5.02 Å². The number of halogens is 1. The molecule has 0 saturated carbocycles. The Kier molecular flexibility index (Phi) is 3.42. The van der Waals surface area contributed by atoms with Gasteiger partial charge in [-0.15, -0.1) is 0 Å². The van der Waals surface area contributed by atoms with Crippen LogP contribution in [0.5, 0.6) is 11.5 Å². The van der Waals surface area contributed by atoms with Crippen molar-refractivity contribution in [3.8, 4) is 11.5 Å². The summed E-state index contributed by atoms with van der Waals surface area (Å²) < 4.78 is 10.6. The van der Waals surface area contributed by atoms with E-state index in [-0.39, 0.29) is 18.7 Å². The molecular formula is C16H19ClN2O3. The van der Waals surface area contributed by atoms with Gasteiger partial charge in [0, 0.05) is 30.7 Å². The van der Waals surface area contributed by atoms with E-state index in [4.69, 9.17) is 21.1 Å². The predicted octanol–water partition coefficient (Wildman–Crippen LogP) is 2.42. The van der Waals surface area contributed by atoms with Crippen LogP contribution in [0.1, 0.15) is 36.0 Å². The van der Waals surface area contributed by atoms with Crippen LogP contribution in [-0.2, 0) is 0 Å². The normalized spacial score (nSPS) is 28.7. The second-order valence-electron chi connectivity index (χ2n) is 6.37. The molecule has 2 saturated heterocycles. The molecule has 3 aliphatic rings. The monoisotopic (exact) mass is 322 g/mol. The van der Waals surface area contributed by atoms with Crippen LogP contribution in [0, 0.1) is 0 Å². The Labute approximate surface area is 134 Å². The predicted molar refractivity (Wildman–Crippen MR) is 82.6 cm³/mol. The maximum absolute atomic E-state index is 12.8. The molecule has 1 amide bonds. The molecule has 2 bridgehead atoms. The number of amides is 1. The van der Waals surface area contributed by atoms with Gasteiger partial charge in [-0.25, -0.2) is 0 Å². The average Bonchev–Trinajstić information content (AvgIpc) is 3.12. The van der Waals surface area contributed by atoms with Gasteiger partial charge in [-0.3, -0.25) is 4.79 Å². The molecule has 0 radical (unpaired) electrons. The number of fused-ring (bicyclic) bond motifs is 3. The summed E-state index contributed by atoms with van der Waals surface area (Å²) in [6, 6.07) is 4.79. The minimum atomic E-state index is -0.00787. The van der Waals surface area contributed by atoms with Crippen molar-refractivity contribution < 1.29 is 14.3 Å². The first-order valence-corrected chi connectivity index (χ1v) is 8.12. The summed E-state index contributed by atoms with van der Waals surface area (Å²) in [6.07, 6.45) is 4.49. The van der Waals surface area contributed by atoms with E-state index in [0.29, 0.717) is 34.2 Å². The number of ether oxygens (including phenoxy) is 2. The largest absolute Gasteiger partial charge is 0.454 e. The summed E-state index contributed by atoms with van der Waals surface area (Å²) >= 11 is 6.18. The number of nitrogens with one attached hydrogen (secondary N) is 1. The van der Waals surface area contributed by atoms with E-state index in [1.54, 1.807) is 12.1 Å². The minimum absolute atomic E-state index is 0.00787. The number of carbonyl (C=O) groups is 1. The number of carbonyl (C=O) groups excluding carboxylic acids is 1. The third kappa shape index (κ3) is 2.32. The van der Waals surface area contributed by atoms with Crippen LogP contribution in [0.25, 0.3) is 0 Å². The first-order chi connectivity index (χ1) is 10.6. The highest BCUT2D eigenvalue weighted by molar-refractivity contribution is 6.32. The lowest BCUT2D eigenvalue weighted by atomic mass is 9.98. The molecule has 2 unspecified atom stereocenters. The molecular weight excluding hydrogens is 304 g/mol. The Balaban J connectivity index is 1.55. The van der Waals surface area contributed by atoms with Crippen LogP contribution >= 0.6 is 11.6 Å². The highest BCUT2D eigenvalue weighted by Gasteiger charge is 2.36. The SMILES string of the molecule is CN(C(=O)c1cc(Cl)c2c(c1)OCO2)C1CC2CCC(C1)N2. The van der Waals surface area contributed by atoms with Crippen molar-refractivity contribution in [3.05, 3.63) is 22.7 Å². The van der Waals surface area contributed by atoms with E-state index in [2.05, 4.69) is 5.32 Å². The lowest BCUT2D eigenvalue weighted by Gasteiger charge is -2.35. The summed E-state index contributed by atoms with van der Waals surface area (Å²) in [7, 11) is 1.89. The van der Waals surface area contributed by atoms with E-state index < -0.39 is 0 Å². The Bertz CT molecular complexity index is 610. The van der Waals surface area contributed by atoms with Gasteiger partial charge in [-0.05, 0) is 37.8 Å². The van der Waals surface area contributed by atoms with Gasteiger partial charge < -0.3 is 19.7 Å². The fourth-order valence-corrected chi connectivity index (χ4v) is 4.07. The number of piperidine rings is 1. The van der Waals surface area contributed by atoms with Crippen molar-refractivity contribution in [1.82, 2.24) is 10.2 Å². The first kappa shape index (κ1) is 14.2. The van der Waals surface area contributed by atoms with Crippen LogP contribution in [-0.4, -0.2) is 42.8 Å². The second kappa shape index (κ2) is 5.32. The summed E-state index contributed by atoms with van der Waals surface area (Å²) in [5, 5.41) is 4.03. The molecule has 2 fully saturated rings. The van der Waals surface area contributed by atoms with Crippen molar-refractivity contribution in [1.29, 1.82) is 0 Å². The van der Waals surface area contributed by atoms with Crippen molar-refractivity contribution >= 4 is 17.5 Å². The molecule has 4 rings (SSSR count). The Hall–Kier alpha value is -1.46. The Morgan fingerprint density at radius 2 is 2.00 bits per heavy atom. The molecule has 1 aromatic rings. The average molecular weight is 323 g/mol. The van der Waals surface area contributed by atoms with Crippen LogP contribution in [0.3, 0.4) is 0 Å². The highest BCUT2D eigenvalue weighted by atomic mass is 35.5. The third-order valence-corrected chi connectivity index (χ3v) is 5.27. The van der Waals surface area contributed by atoms with Crippen molar-refractivity contribution in [3.63, 3.8) is 0 Å². The molecule has 1 aromatic carbocycles. The van der Waals surface area contributed by atoms with Gasteiger partial charge in [-0.1, -0.05) is 11.6 Å². The Morgan fingerprint density at radius 3 is 2.73 bits per heavy atom. The molecule has 0 aliphatic carbocycles. The van der Waals surface area contributed by atoms with E-state index in [9.17, 15) is 4.79 Å². The smallest absolute Gasteiger partial charge is 0.254 e. The highest BCUT2D eigenvalue weighted by Crippen LogP contribution is 2.40. The lowest BCUT2D eigenvalue weighted by molar-refractivity contribution is 0.0681. The lowest BCUT2D eigenvalue weighted by Crippen LogP contribution is -2.48. The van der Waals surface area contributed by atoms with Crippen molar-refractivity contribution in [2.75, 3.05) is 13.8 Å². The summed E-state index contributed by atoms with van der Waals surface area (Å²) in [4.78, 5) is 14.6. The van der Waals surface area contributed by atoms with E-state index in [1.165, 1.54) is 12.8 Å². The molecule has 5 nitrogen and oxygen atoms in total. The van der Waals surface area contributed by atoms with Crippen LogP contribution in [0.4, 0.5) is 0 Å². The zero-order chi connectivity index (χ0) is 15.3. The molecule has 0 spiro atoms. The van der Waals surface area contributed by atoms with E-state index >= 15 is 0 Å². The van der Waals surface area contributed by atoms with Crippen molar-refractivity contribution in [2.24, 2.45) is 0 Å².